The van der Waals surface area contributed by atoms with E-state index in [1.54, 1.807) is 0 Å². The molecule has 0 radical (unpaired) electrons. The Kier molecular flexibility index (Phi) is 5.25. The van der Waals surface area contributed by atoms with Crippen molar-refractivity contribution in [3.63, 3.8) is 0 Å². The highest BCUT2D eigenvalue weighted by molar-refractivity contribution is 6.02. The number of hydrogen-bond acceptors (Lipinski definition) is 4. The van der Waals surface area contributed by atoms with Gasteiger partial charge in [0.2, 0.25) is 17.7 Å². The first-order valence-electron chi connectivity index (χ1n) is 8.55. The molecule has 0 bridgehead atoms. The first-order valence-corrected chi connectivity index (χ1v) is 8.55. The van der Waals surface area contributed by atoms with Crippen molar-refractivity contribution in [1.82, 2.24) is 10.2 Å². The van der Waals surface area contributed by atoms with Crippen molar-refractivity contribution in [1.29, 1.82) is 0 Å². The number of anilines is 1. The van der Waals surface area contributed by atoms with Gasteiger partial charge in [0.05, 0.1) is 6.54 Å². The average molecular weight is 329 g/mol. The lowest BCUT2D eigenvalue weighted by Crippen LogP contribution is -2.29. The van der Waals surface area contributed by atoms with Crippen LogP contribution in [0.4, 0.5) is 5.69 Å². The Bertz CT molecular complexity index is 622. The van der Waals surface area contributed by atoms with Gasteiger partial charge >= 0.3 is 0 Å². The Balaban J connectivity index is 1.60. The molecule has 2 fully saturated rings. The van der Waals surface area contributed by atoms with Crippen LogP contribution in [0, 0.1) is 5.92 Å². The van der Waals surface area contributed by atoms with E-state index in [1.165, 1.54) is 4.90 Å². The Hall–Kier alpha value is -2.21. The lowest BCUT2D eigenvalue weighted by molar-refractivity contribution is -0.139. The van der Waals surface area contributed by atoms with Gasteiger partial charge in [-0.15, -0.1) is 0 Å². The van der Waals surface area contributed by atoms with Crippen LogP contribution in [0.2, 0.25) is 0 Å². The van der Waals surface area contributed by atoms with Gasteiger partial charge in [-0.05, 0) is 43.5 Å². The molecule has 24 heavy (non-hydrogen) atoms. The maximum atomic E-state index is 12.2. The van der Waals surface area contributed by atoms with Crippen molar-refractivity contribution in [3.8, 4) is 0 Å². The molecule has 6 heteroatoms. The Labute approximate surface area is 141 Å². The first kappa shape index (κ1) is 16.6. The summed E-state index contributed by atoms with van der Waals surface area (Å²) in [7, 11) is 0. The van der Waals surface area contributed by atoms with Gasteiger partial charge < -0.3 is 10.6 Å². The molecule has 1 unspecified atom stereocenters. The molecule has 2 aliphatic rings. The summed E-state index contributed by atoms with van der Waals surface area (Å²) in [5.41, 5.74) is 1.47. The third kappa shape index (κ3) is 4.00. The number of nitrogens with zero attached hydrogens (tertiary/aromatic N) is 1. The van der Waals surface area contributed by atoms with Crippen molar-refractivity contribution in [2.75, 3.05) is 18.4 Å². The lowest BCUT2D eigenvalue weighted by atomic mass is 10.0. The molecular weight excluding hydrogens is 306 g/mol. The summed E-state index contributed by atoms with van der Waals surface area (Å²) in [6.45, 7) is 2.25. The molecule has 0 aromatic heterocycles. The fraction of sp³-hybridized carbons (Fsp3) is 0.500. The van der Waals surface area contributed by atoms with E-state index in [2.05, 4.69) is 10.6 Å². The number of nitrogens with one attached hydrogen (secondary N) is 2. The molecule has 1 aromatic rings. The average Bonchev–Trinajstić information content (AvgIpc) is 3.20. The van der Waals surface area contributed by atoms with Gasteiger partial charge in [0.25, 0.3) is 0 Å². The number of benzene rings is 1. The van der Waals surface area contributed by atoms with Crippen LogP contribution in [0.5, 0.6) is 0 Å². The maximum absolute atomic E-state index is 12.2. The van der Waals surface area contributed by atoms with Gasteiger partial charge in [0.15, 0.2) is 0 Å². The van der Waals surface area contributed by atoms with Gasteiger partial charge in [0, 0.05) is 24.9 Å². The molecule has 6 nitrogen and oxygen atoms in total. The predicted molar refractivity (Wildman–Crippen MR) is 90.1 cm³/mol. The molecule has 2 aliphatic heterocycles. The van der Waals surface area contributed by atoms with Gasteiger partial charge in [-0.3, -0.25) is 19.3 Å². The fourth-order valence-electron chi connectivity index (χ4n) is 3.26. The van der Waals surface area contributed by atoms with E-state index >= 15 is 0 Å². The number of hydrogen-bond donors (Lipinski definition) is 2. The number of carbonyl (C=O) groups is 3. The highest BCUT2D eigenvalue weighted by Gasteiger charge is 2.29. The van der Waals surface area contributed by atoms with Crippen LogP contribution in [-0.2, 0) is 20.9 Å². The highest BCUT2D eigenvalue weighted by Crippen LogP contribution is 2.22. The summed E-state index contributed by atoms with van der Waals surface area (Å²) < 4.78 is 0. The second kappa shape index (κ2) is 7.57. The molecule has 0 aliphatic carbocycles. The normalized spacial score (nSPS) is 20.7. The molecule has 0 spiro atoms. The van der Waals surface area contributed by atoms with Crippen LogP contribution in [0.25, 0.3) is 0 Å². The quantitative estimate of drug-likeness (QED) is 0.778. The van der Waals surface area contributed by atoms with Crippen molar-refractivity contribution < 1.29 is 14.4 Å². The summed E-state index contributed by atoms with van der Waals surface area (Å²) in [6, 6.07) is 7.35. The van der Waals surface area contributed by atoms with Crippen LogP contribution in [0.15, 0.2) is 24.3 Å². The molecule has 128 valence electrons. The lowest BCUT2D eigenvalue weighted by Gasteiger charge is -2.17. The number of amides is 3. The third-order valence-corrected chi connectivity index (χ3v) is 4.72. The first-order chi connectivity index (χ1) is 11.6. The van der Waals surface area contributed by atoms with E-state index in [1.807, 2.05) is 24.3 Å². The summed E-state index contributed by atoms with van der Waals surface area (Å²) in [6.07, 6.45) is 3.06. The Morgan fingerprint density at radius 3 is 2.67 bits per heavy atom. The molecule has 3 rings (SSSR count). The fourth-order valence-corrected chi connectivity index (χ4v) is 3.26. The SMILES string of the molecule is O=C(CCC1CCNC1)Nc1ccccc1CN1C(=O)CCC1=O. The zero-order chi connectivity index (χ0) is 16.9. The predicted octanol–water partition coefficient (Wildman–Crippen LogP) is 1.66. The van der Waals surface area contributed by atoms with E-state index < -0.39 is 0 Å². The summed E-state index contributed by atoms with van der Waals surface area (Å²) in [4.78, 5) is 37.0. The number of para-hydroxylation sites is 1. The molecule has 3 amide bonds. The van der Waals surface area contributed by atoms with E-state index in [0.29, 0.717) is 18.0 Å². The van der Waals surface area contributed by atoms with Crippen molar-refractivity contribution in [3.05, 3.63) is 29.8 Å². The zero-order valence-electron chi connectivity index (χ0n) is 13.7. The Morgan fingerprint density at radius 1 is 1.21 bits per heavy atom. The standard InChI is InChI=1S/C18H23N3O3/c22-16(6-5-13-9-10-19-11-13)20-15-4-2-1-3-14(15)12-21-17(23)7-8-18(21)24/h1-4,13,19H,5-12H2,(H,20,22). The smallest absolute Gasteiger partial charge is 0.229 e. The summed E-state index contributed by atoms with van der Waals surface area (Å²) in [5, 5.41) is 6.23. The van der Waals surface area contributed by atoms with E-state index in [0.717, 1.165) is 31.5 Å². The van der Waals surface area contributed by atoms with Crippen molar-refractivity contribution in [2.45, 2.75) is 38.6 Å². The van der Waals surface area contributed by atoms with Crippen molar-refractivity contribution >= 4 is 23.4 Å². The van der Waals surface area contributed by atoms with Gasteiger partial charge in [0.1, 0.15) is 0 Å². The summed E-state index contributed by atoms with van der Waals surface area (Å²) in [5.74, 6) is 0.268. The number of carbonyl (C=O) groups excluding carboxylic acids is 3. The second-order valence-electron chi connectivity index (χ2n) is 6.48. The van der Waals surface area contributed by atoms with Gasteiger partial charge in [-0.2, -0.15) is 0 Å². The minimum Gasteiger partial charge on any atom is -0.326 e. The van der Waals surface area contributed by atoms with E-state index in [-0.39, 0.29) is 37.1 Å². The molecule has 1 atom stereocenters. The molecule has 2 heterocycles. The molecule has 2 N–H and O–H groups in total. The Morgan fingerprint density at radius 2 is 1.96 bits per heavy atom. The largest absolute Gasteiger partial charge is 0.326 e. The minimum absolute atomic E-state index is 0.0200. The van der Waals surface area contributed by atoms with Crippen LogP contribution in [0.1, 0.15) is 37.7 Å². The third-order valence-electron chi connectivity index (χ3n) is 4.72. The van der Waals surface area contributed by atoms with Crippen LogP contribution < -0.4 is 10.6 Å². The molecule has 2 saturated heterocycles. The van der Waals surface area contributed by atoms with E-state index in [9.17, 15) is 14.4 Å². The van der Waals surface area contributed by atoms with Gasteiger partial charge in [-0.25, -0.2) is 0 Å². The van der Waals surface area contributed by atoms with Crippen LogP contribution in [0.3, 0.4) is 0 Å². The molecular formula is C18H23N3O3. The molecule has 1 aromatic carbocycles. The monoisotopic (exact) mass is 329 g/mol. The topological polar surface area (TPSA) is 78.5 Å². The molecule has 0 saturated carbocycles. The maximum Gasteiger partial charge on any atom is 0.229 e. The van der Waals surface area contributed by atoms with E-state index in [4.69, 9.17) is 0 Å². The minimum atomic E-state index is -0.144. The highest BCUT2D eigenvalue weighted by atomic mass is 16.2. The number of imide groups is 1. The van der Waals surface area contributed by atoms with Crippen LogP contribution in [-0.4, -0.2) is 35.7 Å². The van der Waals surface area contributed by atoms with Gasteiger partial charge in [-0.1, -0.05) is 18.2 Å². The van der Waals surface area contributed by atoms with Crippen molar-refractivity contribution in [2.24, 2.45) is 5.92 Å². The summed E-state index contributed by atoms with van der Waals surface area (Å²) >= 11 is 0. The number of rotatable bonds is 6. The zero-order valence-corrected chi connectivity index (χ0v) is 13.7. The van der Waals surface area contributed by atoms with Crippen LogP contribution >= 0.6 is 0 Å². The second-order valence-corrected chi connectivity index (χ2v) is 6.48. The number of likely N-dealkylation sites (tertiary alicyclic amines) is 1.